The average molecular weight is 387 g/mol. The van der Waals surface area contributed by atoms with Crippen molar-refractivity contribution in [2.24, 2.45) is 5.92 Å². The third-order valence-electron chi connectivity index (χ3n) is 5.34. The zero-order chi connectivity index (χ0) is 19.7. The van der Waals surface area contributed by atoms with Crippen LogP contribution in [0, 0.1) is 5.92 Å². The molecule has 150 valence electrons. The van der Waals surface area contributed by atoms with Gasteiger partial charge >= 0.3 is 6.09 Å². The maximum atomic E-state index is 12.2. The van der Waals surface area contributed by atoms with E-state index in [-0.39, 0.29) is 17.9 Å². The summed E-state index contributed by atoms with van der Waals surface area (Å²) < 4.78 is 5.28. The van der Waals surface area contributed by atoms with Gasteiger partial charge in [-0.3, -0.25) is 14.5 Å². The van der Waals surface area contributed by atoms with Gasteiger partial charge in [0.25, 0.3) is 0 Å². The van der Waals surface area contributed by atoms with Crippen LogP contribution in [0.1, 0.15) is 19.8 Å². The molecule has 2 saturated heterocycles. The molecule has 0 bridgehead atoms. The van der Waals surface area contributed by atoms with Gasteiger partial charge in [-0.15, -0.1) is 0 Å². The summed E-state index contributed by atoms with van der Waals surface area (Å²) in [4.78, 5) is 45.4. The van der Waals surface area contributed by atoms with Crippen molar-refractivity contribution in [3.05, 3.63) is 18.3 Å². The fourth-order valence-corrected chi connectivity index (χ4v) is 3.57. The number of piperazine rings is 1. The maximum absolute atomic E-state index is 12.2. The number of hydrogen-bond acceptors (Lipinski definition) is 6. The number of hydrogen-bond donors (Lipinski definition) is 1. The van der Waals surface area contributed by atoms with Crippen molar-refractivity contribution in [1.82, 2.24) is 15.2 Å². The lowest BCUT2D eigenvalue weighted by molar-refractivity contribution is -0.132. The second-order valence-corrected chi connectivity index (χ2v) is 7.51. The molecule has 3 fully saturated rings. The second-order valence-electron chi connectivity index (χ2n) is 7.51. The molecule has 1 aromatic rings. The molecule has 1 N–H and O–H groups in total. The van der Waals surface area contributed by atoms with Crippen LogP contribution in [0.15, 0.2) is 18.3 Å². The van der Waals surface area contributed by atoms with Crippen molar-refractivity contribution in [1.29, 1.82) is 0 Å². The Hall–Kier alpha value is -2.84. The molecule has 1 atom stereocenters. The average Bonchev–Trinajstić information content (AvgIpc) is 3.49. The van der Waals surface area contributed by atoms with E-state index in [2.05, 4.69) is 15.2 Å². The van der Waals surface area contributed by atoms with Crippen molar-refractivity contribution < 1.29 is 19.1 Å². The molecular weight excluding hydrogens is 362 g/mol. The first-order chi connectivity index (χ1) is 13.5. The maximum Gasteiger partial charge on any atom is 0.414 e. The van der Waals surface area contributed by atoms with Crippen LogP contribution in [-0.2, 0) is 14.3 Å². The van der Waals surface area contributed by atoms with Gasteiger partial charge in [0.1, 0.15) is 11.9 Å². The number of amides is 3. The van der Waals surface area contributed by atoms with Gasteiger partial charge in [-0.05, 0) is 25.0 Å². The molecular formula is C19H25N5O4. The number of carbonyl (C=O) groups excluding carboxylic acids is 3. The van der Waals surface area contributed by atoms with E-state index in [9.17, 15) is 14.4 Å². The van der Waals surface area contributed by atoms with E-state index in [4.69, 9.17) is 4.74 Å². The van der Waals surface area contributed by atoms with Crippen LogP contribution in [0.4, 0.5) is 16.3 Å². The standard InChI is InChI=1S/C19H25N5O4/c1-13(25)20-11-16-12-24(19(27)28-16)15-4-5-17(21-10-15)22-6-8-23(9-7-22)18(26)14-2-3-14/h4-5,10,14,16H,2-3,6-9,11-12H2,1H3,(H,20,25). The zero-order valence-corrected chi connectivity index (χ0v) is 16.0. The van der Waals surface area contributed by atoms with E-state index in [1.807, 2.05) is 17.0 Å². The predicted molar refractivity (Wildman–Crippen MR) is 102 cm³/mol. The van der Waals surface area contributed by atoms with Crippen LogP contribution in [0.5, 0.6) is 0 Å². The predicted octanol–water partition coefficient (Wildman–Crippen LogP) is 0.601. The van der Waals surface area contributed by atoms with Crippen LogP contribution in [0.2, 0.25) is 0 Å². The van der Waals surface area contributed by atoms with Crippen molar-refractivity contribution in [3.8, 4) is 0 Å². The lowest BCUT2D eigenvalue weighted by Crippen LogP contribution is -2.49. The van der Waals surface area contributed by atoms with Gasteiger partial charge in [0.05, 0.1) is 25.0 Å². The van der Waals surface area contributed by atoms with Crippen LogP contribution in [0.3, 0.4) is 0 Å². The normalized spacial score (nSPS) is 22.2. The quantitative estimate of drug-likeness (QED) is 0.795. The van der Waals surface area contributed by atoms with Gasteiger partial charge in [-0.1, -0.05) is 0 Å². The van der Waals surface area contributed by atoms with Crippen molar-refractivity contribution in [3.63, 3.8) is 0 Å². The zero-order valence-electron chi connectivity index (χ0n) is 16.0. The Bertz CT molecular complexity index is 756. The Morgan fingerprint density at radius 3 is 2.57 bits per heavy atom. The summed E-state index contributed by atoms with van der Waals surface area (Å²) in [5.74, 6) is 1.24. The third kappa shape index (κ3) is 4.02. The highest BCUT2D eigenvalue weighted by atomic mass is 16.6. The van der Waals surface area contributed by atoms with E-state index in [1.165, 1.54) is 11.8 Å². The van der Waals surface area contributed by atoms with Crippen LogP contribution in [0.25, 0.3) is 0 Å². The second kappa shape index (κ2) is 7.65. The van der Waals surface area contributed by atoms with Gasteiger partial charge in [-0.25, -0.2) is 9.78 Å². The molecule has 1 aliphatic carbocycles. The summed E-state index contributed by atoms with van der Waals surface area (Å²) in [6, 6.07) is 3.74. The molecule has 9 heteroatoms. The fraction of sp³-hybridized carbons (Fsp3) is 0.579. The van der Waals surface area contributed by atoms with Gasteiger partial charge < -0.3 is 19.9 Å². The molecule has 3 amide bonds. The summed E-state index contributed by atoms with van der Waals surface area (Å²) >= 11 is 0. The van der Waals surface area contributed by atoms with Gasteiger partial charge in [0, 0.05) is 39.0 Å². The first-order valence-corrected chi connectivity index (χ1v) is 9.73. The molecule has 1 saturated carbocycles. The number of nitrogens with one attached hydrogen (secondary N) is 1. The minimum Gasteiger partial charge on any atom is -0.442 e. The molecule has 4 rings (SSSR count). The lowest BCUT2D eigenvalue weighted by atomic mass is 10.2. The van der Waals surface area contributed by atoms with E-state index < -0.39 is 6.09 Å². The van der Waals surface area contributed by atoms with Crippen LogP contribution in [-0.4, -0.2) is 73.2 Å². The highest BCUT2D eigenvalue weighted by Crippen LogP contribution is 2.31. The molecule has 0 aromatic carbocycles. The van der Waals surface area contributed by atoms with Gasteiger partial charge in [-0.2, -0.15) is 0 Å². The lowest BCUT2D eigenvalue weighted by Gasteiger charge is -2.35. The number of anilines is 2. The topological polar surface area (TPSA) is 95.1 Å². The minimum atomic E-state index is -0.433. The molecule has 0 radical (unpaired) electrons. The van der Waals surface area contributed by atoms with Gasteiger partial charge in [0.2, 0.25) is 11.8 Å². The first kappa shape index (κ1) is 18.5. The number of pyridine rings is 1. The van der Waals surface area contributed by atoms with Crippen LogP contribution >= 0.6 is 0 Å². The Kier molecular flexibility index (Phi) is 5.06. The Balaban J connectivity index is 1.32. The molecule has 28 heavy (non-hydrogen) atoms. The summed E-state index contributed by atoms with van der Waals surface area (Å²) in [6.45, 7) is 5.07. The van der Waals surface area contributed by atoms with Gasteiger partial charge in [0.15, 0.2) is 0 Å². The number of nitrogens with zero attached hydrogens (tertiary/aromatic N) is 4. The van der Waals surface area contributed by atoms with E-state index in [0.29, 0.717) is 24.7 Å². The number of carbonyl (C=O) groups is 3. The SMILES string of the molecule is CC(=O)NCC1CN(c2ccc(N3CCN(C(=O)C4CC4)CC3)nc2)C(=O)O1. The number of cyclic esters (lactones) is 1. The fourth-order valence-electron chi connectivity index (χ4n) is 3.57. The number of ether oxygens (including phenoxy) is 1. The smallest absolute Gasteiger partial charge is 0.414 e. The summed E-state index contributed by atoms with van der Waals surface area (Å²) in [7, 11) is 0. The molecule has 0 spiro atoms. The van der Waals surface area contributed by atoms with Crippen molar-refractivity contribution in [2.75, 3.05) is 49.1 Å². The Morgan fingerprint density at radius 2 is 1.96 bits per heavy atom. The van der Waals surface area contributed by atoms with E-state index in [0.717, 1.165) is 44.8 Å². The molecule has 1 unspecified atom stereocenters. The summed E-state index contributed by atoms with van der Waals surface area (Å²) in [5.41, 5.74) is 0.668. The number of rotatable bonds is 5. The highest BCUT2D eigenvalue weighted by Gasteiger charge is 2.35. The molecule has 3 heterocycles. The summed E-state index contributed by atoms with van der Waals surface area (Å²) in [6.07, 6.45) is 2.93. The summed E-state index contributed by atoms with van der Waals surface area (Å²) in [5, 5.41) is 2.66. The molecule has 1 aromatic heterocycles. The Morgan fingerprint density at radius 1 is 1.21 bits per heavy atom. The first-order valence-electron chi connectivity index (χ1n) is 9.73. The molecule has 3 aliphatic rings. The molecule has 2 aliphatic heterocycles. The molecule has 9 nitrogen and oxygen atoms in total. The van der Waals surface area contributed by atoms with Crippen molar-refractivity contribution >= 4 is 29.4 Å². The minimum absolute atomic E-state index is 0.153. The Labute approximate surface area is 163 Å². The number of aromatic nitrogens is 1. The van der Waals surface area contributed by atoms with E-state index >= 15 is 0 Å². The third-order valence-corrected chi connectivity index (χ3v) is 5.34. The van der Waals surface area contributed by atoms with Crippen LogP contribution < -0.4 is 15.1 Å². The monoisotopic (exact) mass is 387 g/mol. The van der Waals surface area contributed by atoms with E-state index in [1.54, 1.807) is 6.20 Å². The van der Waals surface area contributed by atoms with Crippen molar-refractivity contribution in [2.45, 2.75) is 25.9 Å². The largest absolute Gasteiger partial charge is 0.442 e. The highest BCUT2D eigenvalue weighted by molar-refractivity contribution is 5.89.